The molecule has 2 aromatic carbocycles. The van der Waals surface area contributed by atoms with Gasteiger partial charge in [0.05, 0.1) is 23.4 Å². The number of fused-ring (bicyclic) bond motifs is 10. The molecule has 7 atom stereocenters. The minimum Gasteiger partial charge on any atom is -0.507 e. The number of carbonyl (C=O) groups is 2. The number of rotatable bonds is 5. The normalized spacial score (nSPS) is 29.0. The third-order valence-electron chi connectivity index (χ3n) is 10.5. The highest BCUT2D eigenvalue weighted by molar-refractivity contribution is 7.99. The summed E-state index contributed by atoms with van der Waals surface area (Å²) in [5.74, 6) is 0.994. The predicted molar refractivity (Wildman–Crippen MR) is 176 cm³/mol. The zero-order valence-corrected chi connectivity index (χ0v) is 28.7. The van der Waals surface area contributed by atoms with E-state index in [0.29, 0.717) is 34.6 Å². The van der Waals surface area contributed by atoms with E-state index in [0.717, 1.165) is 28.0 Å². The lowest BCUT2D eigenvalue weighted by Gasteiger charge is -2.61. The Morgan fingerprint density at radius 2 is 1.96 bits per heavy atom. The molecule has 254 valence electrons. The average molecular weight is 677 g/mol. The van der Waals surface area contributed by atoms with Gasteiger partial charge in [0, 0.05) is 47.2 Å². The second-order valence-electron chi connectivity index (χ2n) is 13.0. The van der Waals surface area contributed by atoms with Crippen molar-refractivity contribution in [2.45, 2.75) is 75.6 Å². The van der Waals surface area contributed by atoms with Crippen LogP contribution in [0.15, 0.2) is 18.2 Å². The van der Waals surface area contributed by atoms with Gasteiger partial charge in [-0.2, -0.15) is 5.26 Å². The number of hydrogen-bond acceptors (Lipinski definition) is 12. The van der Waals surface area contributed by atoms with Gasteiger partial charge in [-0.3, -0.25) is 14.6 Å². The first kappa shape index (κ1) is 32.6. The molecular weight excluding hydrogens is 636 g/mol. The highest BCUT2D eigenvalue weighted by Gasteiger charge is 2.60. The number of hydrogen-bond donors (Lipinski definition) is 2. The summed E-state index contributed by atoms with van der Waals surface area (Å²) in [6, 6.07) is 1.79. The highest BCUT2D eigenvalue weighted by atomic mass is 32.2. The standard InChI is InChI=1S/C35H40N4O8S/c1-7-8-24(40)37-20-13-48-34-27-26(33-32(46-15-47-33)18(4)30(27)41)23(12-44-35(20)42)39-22(11-36)21-10-19-9-16(2)17(3)31(45-14-43-6)25(19)28(29(34)39)38(21)5/h7-9,20-23,28-29,34,41H,10,12-15H2,1-6H3,(H,37,40)/b8-7+/t20-,21-,22-,23+,28+,29?,34+/m0/s1. The summed E-state index contributed by atoms with van der Waals surface area (Å²) in [7, 11) is 3.65. The number of thioether (sulfide) groups is 1. The summed E-state index contributed by atoms with van der Waals surface area (Å²) < 4.78 is 29.7. The minimum absolute atomic E-state index is 0.0132. The molecule has 0 saturated carbocycles. The number of carbonyl (C=O) groups excluding carboxylic acids is 2. The number of piperazine rings is 1. The number of methoxy groups -OCH3 is 1. The molecule has 12 nitrogen and oxygen atoms in total. The van der Waals surface area contributed by atoms with Gasteiger partial charge in [-0.15, -0.1) is 11.8 Å². The second kappa shape index (κ2) is 12.5. The van der Waals surface area contributed by atoms with Crippen LogP contribution >= 0.6 is 11.8 Å². The summed E-state index contributed by atoms with van der Waals surface area (Å²) in [6.45, 7) is 7.58. The second-order valence-corrected chi connectivity index (χ2v) is 14.2. The van der Waals surface area contributed by atoms with Crippen LogP contribution in [-0.2, 0) is 25.5 Å². The molecule has 6 heterocycles. The Balaban J connectivity index is 1.48. The van der Waals surface area contributed by atoms with Gasteiger partial charge in [0.1, 0.15) is 30.2 Å². The maximum atomic E-state index is 13.6. The number of esters is 1. The van der Waals surface area contributed by atoms with Gasteiger partial charge < -0.3 is 34.1 Å². The van der Waals surface area contributed by atoms with Gasteiger partial charge in [-0.25, -0.2) is 4.79 Å². The van der Waals surface area contributed by atoms with Gasteiger partial charge in [0.2, 0.25) is 12.7 Å². The molecule has 2 saturated heterocycles. The fourth-order valence-corrected chi connectivity index (χ4v) is 9.84. The van der Waals surface area contributed by atoms with Crippen LogP contribution in [0.1, 0.15) is 63.2 Å². The Bertz CT molecular complexity index is 1760. The Hall–Kier alpha value is -3.96. The van der Waals surface area contributed by atoms with Crippen LogP contribution in [0.4, 0.5) is 0 Å². The van der Waals surface area contributed by atoms with Crippen LogP contribution in [-0.4, -0.2) is 91.1 Å². The van der Waals surface area contributed by atoms with E-state index in [1.165, 1.54) is 17.8 Å². The monoisotopic (exact) mass is 676 g/mol. The molecule has 6 aliphatic heterocycles. The first-order valence-corrected chi connectivity index (χ1v) is 17.2. The Morgan fingerprint density at radius 3 is 2.69 bits per heavy atom. The Kier molecular flexibility index (Phi) is 8.48. The van der Waals surface area contributed by atoms with Crippen molar-refractivity contribution in [2.75, 3.05) is 40.1 Å². The van der Waals surface area contributed by atoms with Crippen LogP contribution in [0.2, 0.25) is 0 Å². The number of benzene rings is 2. The number of likely N-dealkylation sites (N-methyl/N-ethyl adjacent to an activating group) is 1. The van der Waals surface area contributed by atoms with E-state index in [4.69, 9.17) is 23.7 Å². The number of nitrogens with one attached hydrogen (secondary N) is 1. The molecule has 0 radical (unpaired) electrons. The summed E-state index contributed by atoms with van der Waals surface area (Å²) >= 11 is 1.45. The van der Waals surface area contributed by atoms with Gasteiger partial charge in [0.25, 0.3) is 0 Å². The van der Waals surface area contributed by atoms with Crippen molar-refractivity contribution in [2.24, 2.45) is 0 Å². The molecule has 48 heavy (non-hydrogen) atoms. The number of phenols is 1. The van der Waals surface area contributed by atoms with E-state index in [-0.39, 0.29) is 49.8 Å². The van der Waals surface area contributed by atoms with E-state index >= 15 is 0 Å². The summed E-state index contributed by atoms with van der Waals surface area (Å²) in [5, 5.41) is 25.3. The molecule has 8 rings (SSSR count). The van der Waals surface area contributed by atoms with Gasteiger partial charge in [-0.1, -0.05) is 12.1 Å². The van der Waals surface area contributed by atoms with Crippen LogP contribution < -0.4 is 19.5 Å². The maximum Gasteiger partial charge on any atom is 0.329 e. The number of nitriles is 1. The Morgan fingerprint density at radius 1 is 1.19 bits per heavy atom. The highest BCUT2D eigenvalue weighted by Crippen LogP contribution is 2.63. The lowest BCUT2D eigenvalue weighted by molar-refractivity contribution is -0.152. The zero-order chi connectivity index (χ0) is 34.0. The summed E-state index contributed by atoms with van der Waals surface area (Å²) in [6.07, 6.45) is 3.59. The fraction of sp³-hybridized carbons (Fsp3) is 0.514. The maximum absolute atomic E-state index is 13.6. The molecular formula is C35H40N4O8S. The van der Waals surface area contributed by atoms with E-state index in [1.807, 2.05) is 6.92 Å². The van der Waals surface area contributed by atoms with Crippen molar-refractivity contribution in [1.82, 2.24) is 15.1 Å². The first-order chi connectivity index (χ1) is 23.1. The van der Waals surface area contributed by atoms with Crippen molar-refractivity contribution in [3.8, 4) is 29.1 Å². The zero-order valence-electron chi connectivity index (χ0n) is 27.9. The topological polar surface area (TPSA) is 143 Å². The molecule has 13 heteroatoms. The molecule has 1 amide bonds. The SMILES string of the molecule is C/C=C/C(=O)N[C@H]1CS[C@@H]2c3c(O)c(C)c4c(c3[C@@H](COC1=O)N1C2[C@H]2c3c(cc(C)c(C)c3OCOC)C[C@@H]([C@@H]1C#N)N2C)OCO4. The number of aryl methyl sites for hydroxylation is 1. The van der Waals surface area contributed by atoms with Crippen molar-refractivity contribution in [3.63, 3.8) is 0 Å². The van der Waals surface area contributed by atoms with E-state index < -0.39 is 35.3 Å². The molecule has 1 unspecified atom stereocenters. The number of amides is 1. The van der Waals surface area contributed by atoms with E-state index in [1.54, 1.807) is 27.0 Å². The number of ether oxygens (including phenoxy) is 5. The number of phenolic OH excluding ortho intramolecular Hbond substituents is 1. The largest absolute Gasteiger partial charge is 0.507 e. The van der Waals surface area contributed by atoms with Crippen molar-refractivity contribution in [3.05, 3.63) is 57.2 Å². The molecule has 0 aromatic heterocycles. The first-order valence-electron chi connectivity index (χ1n) is 16.1. The van der Waals surface area contributed by atoms with Crippen LogP contribution in [0, 0.1) is 32.1 Å². The van der Waals surface area contributed by atoms with Crippen molar-refractivity contribution in [1.29, 1.82) is 5.26 Å². The number of nitrogens with zero attached hydrogens (tertiary/aromatic N) is 3. The molecule has 2 N–H and O–H groups in total. The van der Waals surface area contributed by atoms with Crippen LogP contribution in [0.5, 0.6) is 23.0 Å². The lowest BCUT2D eigenvalue weighted by Crippen LogP contribution is -2.69. The quantitative estimate of drug-likeness (QED) is 0.271. The smallest absolute Gasteiger partial charge is 0.329 e. The summed E-state index contributed by atoms with van der Waals surface area (Å²) in [4.78, 5) is 30.7. The molecule has 4 bridgehead atoms. The number of aromatic hydroxyl groups is 1. The van der Waals surface area contributed by atoms with Crippen molar-refractivity contribution >= 4 is 23.6 Å². The van der Waals surface area contributed by atoms with Gasteiger partial charge in [-0.05, 0) is 63.9 Å². The van der Waals surface area contributed by atoms with Crippen molar-refractivity contribution < 1.29 is 38.4 Å². The minimum atomic E-state index is -0.933. The average Bonchev–Trinajstić information content (AvgIpc) is 3.55. The van der Waals surface area contributed by atoms with Gasteiger partial charge >= 0.3 is 5.97 Å². The fourth-order valence-electron chi connectivity index (χ4n) is 8.33. The van der Waals surface area contributed by atoms with Crippen LogP contribution in [0.25, 0.3) is 0 Å². The lowest BCUT2D eigenvalue weighted by atomic mass is 9.71. The van der Waals surface area contributed by atoms with Gasteiger partial charge in [0.15, 0.2) is 18.3 Å². The van der Waals surface area contributed by atoms with E-state index in [2.05, 4.69) is 41.2 Å². The third-order valence-corrected chi connectivity index (χ3v) is 11.9. The van der Waals surface area contributed by atoms with Crippen LogP contribution in [0.3, 0.4) is 0 Å². The molecule has 2 fully saturated rings. The molecule has 0 spiro atoms. The number of allylic oxidation sites excluding steroid dienone is 1. The molecule has 0 aliphatic carbocycles. The van der Waals surface area contributed by atoms with E-state index in [9.17, 15) is 20.0 Å². The predicted octanol–water partition coefficient (Wildman–Crippen LogP) is 3.65. The Labute approximate surface area is 283 Å². The molecule has 2 aromatic rings. The third kappa shape index (κ3) is 4.83. The molecule has 6 aliphatic rings. The summed E-state index contributed by atoms with van der Waals surface area (Å²) in [5.41, 5.74) is 6.14.